The molecule has 18 rings (SSSR count). The zero-order valence-electron chi connectivity index (χ0n) is 84.8. The van der Waals surface area contributed by atoms with Crippen LogP contribution in [0.2, 0.25) is 40.3 Å². The summed E-state index contributed by atoms with van der Waals surface area (Å²) in [6.07, 6.45) is 2.00. The van der Waals surface area contributed by atoms with E-state index in [1.807, 2.05) is 231 Å². The average Bonchev–Trinajstić information content (AvgIpc) is 0.752. The second kappa shape index (κ2) is 49.0. The molecule has 0 aliphatic rings. The van der Waals surface area contributed by atoms with Crippen molar-refractivity contribution in [2.24, 2.45) is 0 Å². The molecule has 0 radical (unpaired) electrons. The summed E-state index contributed by atoms with van der Waals surface area (Å²) in [5, 5.41) is 8.06. The van der Waals surface area contributed by atoms with E-state index in [4.69, 9.17) is 0 Å². The van der Waals surface area contributed by atoms with Gasteiger partial charge in [-0.2, -0.15) is 0 Å². The van der Waals surface area contributed by atoms with Gasteiger partial charge in [0.25, 0.3) is 8.32 Å². The maximum atomic E-state index is 12.4. The van der Waals surface area contributed by atoms with Crippen molar-refractivity contribution < 1.29 is 24.0 Å². The van der Waals surface area contributed by atoms with Crippen LogP contribution in [0.25, 0.3) is 0 Å². The second-order valence-electron chi connectivity index (χ2n) is 38.6. The Bertz CT molecular complexity index is 6630. The van der Waals surface area contributed by atoms with Gasteiger partial charge in [-0.25, -0.2) is 0 Å². The number of nitrogens with zero attached hydrogens (tertiary/aromatic N) is 5. The van der Waals surface area contributed by atoms with E-state index in [0.717, 1.165) is 140 Å². The van der Waals surface area contributed by atoms with Gasteiger partial charge in [0.1, 0.15) is 0 Å². The third-order valence-corrected chi connectivity index (χ3v) is 48.3. The molecule has 0 fully saturated rings. The first-order valence-electron chi connectivity index (χ1n) is 50.0. The van der Waals surface area contributed by atoms with Crippen LogP contribution in [0.5, 0.6) is 0 Å². The Morgan fingerprint density at radius 2 is 0.364 bits per heavy atom. The highest BCUT2D eigenvalue weighted by molar-refractivity contribution is 7.06. The Hall–Kier alpha value is -14.2. The van der Waals surface area contributed by atoms with Crippen LogP contribution in [0.4, 0.5) is 85.3 Å². The molecule has 143 heavy (non-hydrogen) atoms. The molecular formula is C128H137N5O5Si5. The fourth-order valence-electron chi connectivity index (χ4n) is 18.8. The van der Waals surface area contributed by atoms with Gasteiger partial charge in [-0.3, -0.25) is 0 Å². The van der Waals surface area contributed by atoms with Gasteiger partial charge in [-0.15, -0.1) is 0 Å². The van der Waals surface area contributed by atoms with E-state index in [1.54, 1.807) is 0 Å². The number of hydrogen-bond acceptors (Lipinski definition) is 10. The first-order chi connectivity index (χ1) is 69.2. The molecule has 0 amide bonds. The van der Waals surface area contributed by atoms with Crippen molar-refractivity contribution in [3.8, 4) is 0 Å². The molecule has 0 spiro atoms. The SMILES string of the molecule is CC(C)(C)[Si](C)(O)c1cccc(N(c2ccccc2)c2ccccc2)c1.CC(C)[Si](O)(c1cccc(N(c2ccccc2)c2ccccc2)c1)C(C)C.CCC(C)[Si](O)(c1cccc(N(c2ccccc2)c2ccccc2)c1)C(C)CC.C[Si](O)(c1ccccc1)c1cccc(N(c2ccccc2)c2ccccc2)c1.O[Si](c1ccccc1)(c1ccccc1)c1cccc(N(c2ccccc2)c2ccccc2)c1. The summed E-state index contributed by atoms with van der Waals surface area (Å²) < 4.78 is 0. The summed E-state index contributed by atoms with van der Waals surface area (Å²) in [7, 11) is -13.8. The fraction of sp³-hybridized carbons (Fsp3) is 0.156. The highest BCUT2D eigenvalue weighted by Gasteiger charge is 2.46. The molecule has 0 bridgehead atoms. The molecule has 10 nitrogen and oxygen atoms in total. The Morgan fingerprint density at radius 1 is 0.196 bits per heavy atom. The lowest BCUT2D eigenvalue weighted by Gasteiger charge is -2.37. The molecule has 15 heteroatoms. The van der Waals surface area contributed by atoms with Gasteiger partial charge in [-0.05, 0) is 264 Å². The summed E-state index contributed by atoms with van der Waals surface area (Å²) in [5.74, 6) is 0. The van der Waals surface area contributed by atoms with Crippen LogP contribution >= 0.6 is 0 Å². The van der Waals surface area contributed by atoms with Crippen molar-refractivity contribution in [2.75, 3.05) is 24.5 Å². The van der Waals surface area contributed by atoms with Crippen LogP contribution in [0.1, 0.15) is 89.0 Å². The minimum atomic E-state index is -3.18. The molecule has 0 saturated heterocycles. The van der Waals surface area contributed by atoms with Crippen LogP contribution < -0.4 is 66.0 Å². The number of benzene rings is 18. The van der Waals surface area contributed by atoms with E-state index in [2.05, 4.69) is 398 Å². The van der Waals surface area contributed by atoms with Crippen molar-refractivity contribution in [1.29, 1.82) is 0 Å². The number of para-hydroxylation sites is 10. The normalized spacial score (nSPS) is 13.0. The zero-order chi connectivity index (χ0) is 101. The molecule has 4 unspecified atom stereocenters. The molecule has 18 aromatic rings. The van der Waals surface area contributed by atoms with Crippen LogP contribution in [-0.2, 0) is 0 Å². The van der Waals surface area contributed by atoms with E-state index in [9.17, 15) is 24.0 Å². The monoisotopic (exact) mass is 1960 g/mol. The minimum absolute atomic E-state index is 0.129. The summed E-state index contributed by atoms with van der Waals surface area (Å²) >= 11 is 0. The Labute approximate surface area is 855 Å². The van der Waals surface area contributed by atoms with Crippen molar-refractivity contribution in [3.63, 3.8) is 0 Å². The number of hydrogen-bond donors (Lipinski definition) is 5. The standard InChI is InChI=1S/C30H25NOSi.C26H33NOSi.C25H23NOSi.C24H29NOSi.C23H27NOSi/c32-33(28-19-9-3-10-20-28,29-21-11-4-12-22-29)30-23-13-18-27(24-30)31(25-14-5-1-6-15-25)26-16-7-2-8-17-26;1-5-21(3)29(28,22(4)6-2)26-19-13-18-25(20-26)27(23-14-9-7-10-15-23)24-16-11-8-12-17-24;1-28(27,24-17-9-4-10-18-24)25-19-11-16-23(20-25)26(21-12-5-2-6-13-21)22-14-7-3-8-15-22;1-19(2)27(26,20(3)4)24-17-11-16-23(18-24)25(21-12-7-5-8-13-21)22-14-9-6-10-15-22;1-23(2,3)26(4,25)22-17-11-16-21(18-22)24(19-12-7-5-8-13-19)20-14-9-6-10-15-20/h1-24,32H;7-22,28H,5-6H2,1-4H3;2-20,27H,1H3;5-20,26H,1-4H3;5-18,25H,1-4H3. The van der Waals surface area contributed by atoms with Gasteiger partial charge < -0.3 is 48.5 Å². The molecule has 0 heterocycles. The van der Waals surface area contributed by atoms with Gasteiger partial charge in [0, 0.05) is 85.3 Å². The highest BCUT2D eigenvalue weighted by atomic mass is 28.4. The predicted octanol–water partition coefficient (Wildman–Crippen LogP) is 28.7. The zero-order valence-corrected chi connectivity index (χ0v) is 89.8. The maximum Gasteiger partial charge on any atom is 0.285 e. The molecular weight excluding hydrogens is 1830 g/mol. The Kier molecular flexibility index (Phi) is 35.9. The van der Waals surface area contributed by atoms with Crippen LogP contribution in [0.3, 0.4) is 0 Å². The molecule has 18 aromatic carbocycles. The number of anilines is 15. The largest absolute Gasteiger partial charge is 0.427 e. The topological polar surface area (TPSA) is 117 Å². The molecule has 0 saturated carbocycles. The van der Waals surface area contributed by atoms with E-state index in [0.29, 0.717) is 11.1 Å². The molecule has 0 aromatic heterocycles. The van der Waals surface area contributed by atoms with E-state index in [-0.39, 0.29) is 16.1 Å². The van der Waals surface area contributed by atoms with Crippen molar-refractivity contribution in [1.82, 2.24) is 0 Å². The Balaban J connectivity index is 0.000000142. The smallest absolute Gasteiger partial charge is 0.285 e. The van der Waals surface area contributed by atoms with Crippen LogP contribution in [-0.4, -0.2) is 65.6 Å². The summed E-state index contributed by atoms with van der Waals surface area (Å²) in [6, 6.07) is 176. The predicted molar refractivity (Wildman–Crippen MR) is 623 cm³/mol. The molecule has 5 N–H and O–H groups in total. The molecule has 724 valence electrons. The van der Waals surface area contributed by atoms with Gasteiger partial charge >= 0.3 is 0 Å². The van der Waals surface area contributed by atoms with Crippen molar-refractivity contribution >= 4 is 168 Å². The van der Waals surface area contributed by atoms with Crippen molar-refractivity contribution in [2.45, 2.75) is 129 Å². The van der Waals surface area contributed by atoms with Crippen molar-refractivity contribution in [3.05, 3.63) is 516 Å². The first-order valence-corrected chi connectivity index (χ1v) is 61.1. The van der Waals surface area contributed by atoms with Crippen LogP contribution in [0, 0.1) is 0 Å². The summed E-state index contributed by atoms with van der Waals surface area (Å²) in [6.45, 7) is 27.8. The average molecular weight is 1970 g/mol. The third-order valence-electron chi connectivity index (χ3n) is 27.8. The number of rotatable bonds is 29. The molecule has 4 atom stereocenters. The molecule has 0 aliphatic carbocycles. The lowest BCUT2D eigenvalue weighted by Crippen LogP contribution is -2.67. The summed E-state index contributed by atoms with van der Waals surface area (Å²) in [4.78, 5) is 69.9. The van der Waals surface area contributed by atoms with Gasteiger partial charge in [0.05, 0.1) is 0 Å². The van der Waals surface area contributed by atoms with E-state index in [1.165, 1.54) is 0 Å². The molecule has 0 aliphatic heterocycles. The summed E-state index contributed by atoms with van der Waals surface area (Å²) in [5.41, 5.74) is 17.4. The lowest BCUT2D eigenvalue weighted by molar-refractivity contribution is 0.493. The lowest BCUT2D eigenvalue weighted by atomic mass is 10.2. The van der Waals surface area contributed by atoms with E-state index < -0.39 is 41.6 Å². The van der Waals surface area contributed by atoms with E-state index >= 15 is 0 Å². The van der Waals surface area contributed by atoms with Gasteiger partial charge in [0.2, 0.25) is 33.3 Å². The van der Waals surface area contributed by atoms with Gasteiger partial charge in [-0.1, -0.05) is 423 Å². The first kappa shape index (κ1) is 105. The maximum absolute atomic E-state index is 12.4. The third kappa shape index (κ3) is 25.0. The van der Waals surface area contributed by atoms with Crippen LogP contribution in [0.15, 0.2) is 516 Å². The highest BCUT2D eigenvalue weighted by Crippen LogP contribution is 2.44. The fourth-order valence-corrected chi connectivity index (χ4v) is 33.1. The Morgan fingerprint density at radius 3 is 0.587 bits per heavy atom. The van der Waals surface area contributed by atoms with Gasteiger partial charge in [0.15, 0.2) is 0 Å². The quantitative estimate of drug-likeness (QED) is 0.0229. The second-order valence-corrected chi connectivity index (χ2v) is 58.0. The minimum Gasteiger partial charge on any atom is -0.427 e.